The van der Waals surface area contributed by atoms with E-state index in [1.807, 2.05) is 0 Å². The summed E-state index contributed by atoms with van der Waals surface area (Å²) in [5, 5.41) is 0. The minimum Gasteiger partial charge on any atom is -0.462 e. The SMILES string of the molecule is CC/C=C\C/C=C\C/C=C\CCCCCCCCC(=O)OC(COC(=O)CCCCCCCCC/C=C\C/C=C\CC)COC(=O)CCCCCCCCCCCCCCCCCCC. The van der Waals surface area contributed by atoms with E-state index < -0.39 is 6.10 Å². The van der Waals surface area contributed by atoms with Crippen LogP contribution in [0.25, 0.3) is 0 Å². The Hall–Kier alpha value is -2.89. The summed E-state index contributed by atoms with van der Waals surface area (Å²) in [6, 6.07) is 0. The maximum absolute atomic E-state index is 12.8. The van der Waals surface area contributed by atoms with Crippen LogP contribution in [0.4, 0.5) is 0 Å². The smallest absolute Gasteiger partial charge is 0.306 e. The zero-order chi connectivity index (χ0) is 47.2. The molecule has 0 aliphatic rings. The van der Waals surface area contributed by atoms with Crippen LogP contribution in [0.3, 0.4) is 0 Å². The average Bonchev–Trinajstić information content (AvgIpc) is 3.30. The van der Waals surface area contributed by atoms with Gasteiger partial charge in [0.25, 0.3) is 0 Å². The maximum atomic E-state index is 12.8. The number of rotatable bonds is 50. The average molecular weight is 909 g/mol. The van der Waals surface area contributed by atoms with Crippen molar-refractivity contribution in [3.05, 3.63) is 60.8 Å². The van der Waals surface area contributed by atoms with Crippen molar-refractivity contribution in [3.8, 4) is 0 Å². The molecule has 0 rings (SSSR count). The van der Waals surface area contributed by atoms with E-state index in [-0.39, 0.29) is 31.1 Å². The summed E-state index contributed by atoms with van der Waals surface area (Å²) in [7, 11) is 0. The first-order chi connectivity index (χ1) is 32.0. The van der Waals surface area contributed by atoms with E-state index in [0.29, 0.717) is 19.3 Å². The normalized spacial score (nSPS) is 12.5. The van der Waals surface area contributed by atoms with Crippen molar-refractivity contribution in [2.75, 3.05) is 13.2 Å². The summed E-state index contributed by atoms with van der Waals surface area (Å²) in [6.45, 7) is 6.43. The molecule has 376 valence electrons. The van der Waals surface area contributed by atoms with Gasteiger partial charge in [0.05, 0.1) is 0 Å². The number of hydrogen-bond donors (Lipinski definition) is 0. The Bertz CT molecular complexity index is 1180. The van der Waals surface area contributed by atoms with Gasteiger partial charge in [-0.05, 0) is 77.0 Å². The highest BCUT2D eigenvalue weighted by Crippen LogP contribution is 2.16. The predicted octanol–water partition coefficient (Wildman–Crippen LogP) is 18.4. The molecule has 0 aromatic heterocycles. The van der Waals surface area contributed by atoms with Crippen molar-refractivity contribution in [2.45, 2.75) is 284 Å². The van der Waals surface area contributed by atoms with Crippen molar-refractivity contribution in [1.82, 2.24) is 0 Å². The van der Waals surface area contributed by atoms with Crippen LogP contribution in [0, 0.1) is 0 Å². The molecule has 6 nitrogen and oxygen atoms in total. The minimum atomic E-state index is -0.782. The second-order valence-electron chi connectivity index (χ2n) is 18.4. The Kier molecular flexibility index (Phi) is 51.3. The lowest BCUT2D eigenvalue weighted by molar-refractivity contribution is -0.167. The largest absolute Gasteiger partial charge is 0.462 e. The molecular weight excluding hydrogens is 805 g/mol. The number of esters is 3. The quantitative estimate of drug-likeness (QED) is 0.0262. The van der Waals surface area contributed by atoms with Gasteiger partial charge in [0.1, 0.15) is 13.2 Å². The molecular formula is C59H104O6. The Morgan fingerprint density at radius 2 is 0.600 bits per heavy atom. The standard InChI is InChI=1S/C59H104O6/c1-4-7-10-13-16-19-22-25-28-30-32-34-37-40-43-46-49-52-58(61)64-55-56(54-63-57(60)51-48-45-42-39-36-33-27-24-21-18-15-12-9-6-3)65-59(62)53-50-47-44-41-38-35-31-29-26-23-20-17-14-11-8-5-2/h8-9,11-12,17-18,20-21,26,29,56H,4-7,10,13-16,19,22-25,27-28,30-55H2,1-3H3/b11-8-,12-9-,20-17-,21-18-,29-26-. The number of hydrogen-bond acceptors (Lipinski definition) is 6. The molecule has 0 aliphatic heterocycles. The molecule has 0 bridgehead atoms. The summed E-state index contributed by atoms with van der Waals surface area (Å²) >= 11 is 0. The van der Waals surface area contributed by atoms with Gasteiger partial charge in [-0.3, -0.25) is 14.4 Å². The second-order valence-corrected chi connectivity index (χ2v) is 18.4. The number of carbonyl (C=O) groups excluding carboxylic acids is 3. The number of unbranched alkanes of at least 4 members (excludes halogenated alkanes) is 29. The molecule has 0 heterocycles. The summed E-state index contributed by atoms with van der Waals surface area (Å²) in [4.78, 5) is 38.1. The minimum absolute atomic E-state index is 0.0798. The molecule has 0 aromatic carbocycles. The maximum Gasteiger partial charge on any atom is 0.306 e. The van der Waals surface area contributed by atoms with Crippen molar-refractivity contribution >= 4 is 17.9 Å². The van der Waals surface area contributed by atoms with Crippen LogP contribution in [-0.2, 0) is 28.6 Å². The van der Waals surface area contributed by atoms with Gasteiger partial charge in [-0.15, -0.1) is 0 Å². The molecule has 0 saturated heterocycles. The Labute approximate surface area is 402 Å². The van der Waals surface area contributed by atoms with Crippen LogP contribution < -0.4 is 0 Å². The topological polar surface area (TPSA) is 78.9 Å². The van der Waals surface area contributed by atoms with Gasteiger partial charge in [-0.25, -0.2) is 0 Å². The first-order valence-electron chi connectivity index (χ1n) is 27.8. The molecule has 0 radical (unpaired) electrons. The highest BCUT2D eigenvalue weighted by molar-refractivity contribution is 5.71. The Morgan fingerprint density at radius 3 is 0.938 bits per heavy atom. The van der Waals surface area contributed by atoms with Gasteiger partial charge in [-0.2, -0.15) is 0 Å². The van der Waals surface area contributed by atoms with Crippen LogP contribution in [0.2, 0.25) is 0 Å². The summed E-state index contributed by atoms with van der Waals surface area (Å²) in [5.41, 5.74) is 0. The second kappa shape index (κ2) is 53.7. The van der Waals surface area contributed by atoms with Crippen molar-refractivity contribution in [3.63, 3.8) is 0 Å². The molecule has 0 spiro atoms. The first-order valence-corrected chi connectivity index (χ1v) is 27.8. The highest BCUT2D eigenvalue weighted by atomic mass is 16.6. The van der Waals surface area contributed by atoms with Crippen LogP contribution in [0.5, 0.6) is 0 Å². The highest BCUT2D eigenvalue weighted by Gasteiger charge is 2.19. The summed E-state index contributed by atoms with van der Waals surface area (Å²) in [5.74, 6) is -0.891. The Morgan fingerprint density at radius 1 is 0.323 bits per heavy atom. The third kappa shape index (κ3) is 51.9. The van der Waals surface area contributed by atoms with Crippen LogP contribution >= 0.6 is 0 Å². The predicted molar refractivity (Wildman–Crippen MR) is 279 cm³/mol. The fourth-order valence-corrected chi connectivity index (χ4v) is 7.91. The van der Waals surface area contributed by atoms with Gasteiger partial charge in [0.15, 0.2) is 6.10 Å². The van der Waals surface area contributed by atoms with E-state index in [9.17, 15) is 14.4 Å². The van der Waals surface area contributed by atoms with E-state index in [0.717, 1.165) is 109 Å². The van der Waals surface area contributed by atoms with E-state index in [1.54, 1.807) is 0 Å². The zero-order valence-electron chi connectivity index (χ0n) is 43.0. The summed E-state index contributed by atoms with van der Waals surface area (Å²) in [6.07, 6.45) is 66.4. The van der Waals surface area contributed by atoms with Gasteiger partial charge in [0, 0.05) is 19.3 Å². The third-order valence-corrected chi connectivity index (χ3v) is 12.0. The lowest BCUT2D eigenvalue weighted by Gasteiger charge is -2.18. The van der Waals surface area contributed by atoms with Crippen molar-refractivity contribution < 1.29 is 28.6 Å². The molecule has 0 N–H and O–H groups in total. The monoisotopic (exact) mass is 909 g/mol. The van der Waals surface area contributed by atoms with Crippen molar-refractivity contribution in [2.24, 2.45) is 0 Å². The summed E-state index contributed by atoms with van der Waals surface area (Å²) < 4.78 is 16.8. The first kappa shape index (κ1) is 62.1. The molecule has 0 aromatic rings. The molecule has 0 saturated carbocycles. The lowest BCUT2D eigenvalue weighted by atomic mass is 10.0. The molecule has 0 aliphatic carbocycles. The third-order valence-electron chi connectivity index (χ3n) is 12.0. The van der Waals surface area contributed by atoms with E-state index in [2.05, 4.69) is 81.5 Å². The van der Waals surface area contributed by atoms with E-state index in [4.69, 9.17) is 14.2 Å². The fourth-order valence-electron chi connectivity index (χ4n) is 7.91. The van der Waals surface area contributed by atoms with Gasteiger partial charge in [-0.1, -0.05) is 242 Å². The van der Waals surface area contributed by atoms with Gasteiger partial charge in [0.2, 0.25) is 0 Å². The molecule has 0 fully saturated rings. The molecule has 6 heteroatoms. The number of allylic oxidation sites excluding steroid dienone is 10. The number of carbonyl (C=O) groups is 3. The van der Waals surface area contributed by atoms with Gasteiger partial charge >= 0.3 is 17.9 Å². The number of ether oxygens (including phenoxy) is 3. The molecule has 1 unspecified atom stereocenters. The van der Waals surface area contributed by atoms with Crippen LogP contribution in [0.1, 0.15) is 278 Å². The van der Waals surface area contributed by atoms with Crippen LogP contribution in [0.15, 0.2) is 60.8 Å². The van der Waals surface area contributed by atoms with E-state index >= 15 is 0 Å². The zero-order valence-corrected chi connectivity index (χ0v) is 43.0. The van der Waals surface area contributed by atoms with E-state index in [1.165, 1.54) is 128 Å². The molecule has 65 heavy (non-hydrogen) atoms. The fraction of sp³-hybridized carbons (Fsp3) is 0.780. The molecule has 1 atom stereocenters. The van der Waals surface area contributed by atoms with Gasteiger partial charge < -0.3 is 14.2 Å². The molecule has 0 amide bonds. The Balaban J connectivity index is 4.37. The lowest BCUT2D eigenvalue weighted by Crippen LogP contribution is -2.30. The van der Waals surface area contributed by atoms with Crippen LogP contribution in [-0.4, -0.2) is 37.2 Å². The van der Waals surface area contributed by atoms with Crippen molar-refractivity contribution in [1.29, 1.82) is 0 Å².